The van der Waals surface area contributed by atoms with Crippen LogP contribution in [0.25, 0.3) is 0 Å². The summed E-state index contributed by atoms with van der Waals surface area (Å²) in [6.45, 7) is 2.69. The summed E-state index contributed by atoms with van der Waals surface area (Å²) in [7, 11) is 1.87. The second kappa shape index (κ2) is 5.14. The van der Waals surface area contributed by atoms with Gasteiger partial charge in [-0.2, -0.15) is 0 Å². The number of aromatic nitrogens is 1. The van der Waals surface area contributed by atoms with Crippen LogP contribution in [-0.2, 0) is 6.42 Å². The van der Waals surface area contributed by atoms with Crippen LogP contribution in [0.5, 0.6) is 0 Å². The number of nitrogens with zero attached hydrogens (tertiary/aromatic N) is 2. The number of thiazole rings is 1. The monoisotopic (exact) mass is 253 g/mol. The number of amides is 1. The molecule has 1 aromatic heterocycles. The van der Waals surface area contributed by atoms with Crippen LogP contribution in [0.3, 0.4) is 0 Å². The first-order valence-electron chi connectivity index (χ1n) is 6.05. The fourth-order valence-electron chi connectivity index (χ4n) is 1.91. The van der Waals surface area contributed by atoms with Crippen LogP contribution in [0.4, 0.5) is 0 Å². The van der Waals surface area contributed by atoms with Crippen molar-refractivity contribution in [2.75, 3.05) is 13.6 Å². The van der Waals surface area contributed by atoms with E-state index in [9.17, 15) is 4.79 Å². The van der Waals surface area contributed by atoms with E-state index in [-0.39, 0.29) is 5.91 Å². The maximum atomic E-state index is 12.2. The third-order valence-corrected chi connectivity index (χ3v) is 4.27. The lowest BCUT2D eigenvalue weighted by molar-refractivity contribution is 0.0722. The van der Waals surface area contributed by atoms with Crippen molar-refractivity contribution in [1.29, 1.82) is 0 Å². The predicted octanol–water partition coefficient (Wildman–Crippen LogP) is 1.51. The van der Waals surface area contributed by atoms with Gasteiger partial charge in [0.25, 0.3) is 5.91 Å². The van der Waals surface area contributed by atoms with Gasteiger partial charge in [-0.05, 0) is 32.2 Å². The van der Waals surface area contributed by atoms with Crippen molar-refractivity contribution in [1.82, 2.24) is 9.88 Å². The first-order valence-corrected chi connectivity index (χ1v) is 6.93. The molecule has 0 aliphatic heterocycles. The molecule has 1 unspecified atom stereocenters. The van der Waals surface area contributed by atoms with Crippen LogP contribution in [-0.4, -0.2) is 35.4 Å². The van der Waals surface area contributed by atoms with Crippen LogP contribution >= 0.6 is 11.3 Å². The van der Waals surface area contributed by atoms with E-state index in [1.807, 2.05) is 17.3 Å². The van der Waals surface area contributed by atoms with Crippen LogP contribution < -0.4 is 5.73 Å². The van der Waals surface area contributed by atoms with Gasteiger partial charge in [-0.15, -0.1) is 11.3 Å². The molecule has 4 nitrogen and oxygen atoms in total. The second-order valence-corrected chi connectivity index (χ2v) is 5.60. The first-order chi connectivity index (χ1) is 8.13. The molecule has 0 radical (unpaired) electrons. The fraction of sp³-hybridized carbons (Fsp3) is 0.667. The smallest absolute Gasteiger partial charge is 0.273 e. The third-order valence-electron chi connectivity index (χ3n) is 3.36. The molecule has 1 saturated carbocycles. The normalized spacial score (nSPS) is 16.9. The molecule has 1 aliphatic carbocycles. The largest absolute Gasteiger partial charge is 0.337 e. The van der Waals surface area contributed by atoms with Crippen molar-refractivity contribution in [3.05, 3.63) is 16.1 Å². The van der Waals surface area contributed by atoms with E-state index in [0.717, 1.165) is 11.4 Å². The summed E-state index contributed by atoms with van der Waals surface area (Å²) in [5.41, 5.74) is 6.04. The maximum Gasteiger partial charge on any atom is 0.273 e. The van der Waals surface area contributed by atoms with Gasteiger partial charge in [-0.25, -0.2) is 4.98 Å². The summed E-state index contributed by atoms with van der Waals surface area (Å²) in [6.07, 6.45) is 3.24. The molecule has 2 rings (SSSR count). The Morgan fingerprint density at radius 3 is 3.00 bits per heavy atom. The number of nitrogens with two attached hydrogens (primary N) is 1. The van der Waals surface area contributed by atoms with Crippen molar-refractivity contribution in [3.8, 4) is 0 Å². The number of hydrogen-bond acceptors (Lipinski definition) is 4. The fourth-order valence-corrected chi connectivity index (χ4v) is 2.70. The highest BCUT2D eigenvalue weighted by Crippen LogP contribution is 2.35. The summed E-state index contributed by atoms with van der Waals surface area (Å²) >= 11 is 1.52. The average molecular weight is 253 g/mol. The van der Waals surface area contributed by atoms with Crippen LogP contribution in [0, 0.1) is 5.92 Å². The standard InChI is InChI=1S/C12H19N3OS/c1-8(9-3-4-9)15(2)12(16)10-7-17-11(14-10)5-6-13/h7-9H,3-6,13H2,1-2H3. The molecule has 1 heterocycles. The maximum absolute atomic E-state index is 12.2. The van der Waals surface area contributed by atoms with E-state index in [2.05, 4.69) is 11.9 Å². The van der Waals surface area contributed by atoms with Crippen LogP contribution in [0.2, 0.25) is 0 Å². The Morgan fingerprint density at radius 2 is 2.41 bits per heavy atom. The van der Waals surface area contributed by atoms with Gasteiger partial charge < -0.3 is 10.6 Å². The van der Waals surface area contributed by atoms with Gasteiger partial charge in [0.1, 0.15) is 5.69 Å². The minimum atomic E-state index is 0.0314. The second-order valence-electron chi connectivity index (χ2n) is 4.66. The molecule has 94 valence electrons. The molecule has 1 aromatic rings. The number of hydrogen-bond donors (Lipinski definition) is 1. The summed E-state index contributed by atoms with van der Waals surface area (Å²) in [4.78, 5) is 18.3. The zero-order chi connectivity index (χ0) is 12.4. The van der Waals surface area contributed by atoms with E-state index in [1.54, 1.807) is 0 Å². The van der Waals surface area contributed by atoms with E-state index >= 15 is 0 Å². The summed E-state index contributed by atoms with van der Waals surface area (Å²) < 4.78 is 0. The molecule has 17 heavy (non-hydrogen) atoms. The molecule has 2 N–H and O–H groups in total. The minimum absolute atomic E-state index is 0.0314. The molecular formula is C12H19N3OS. The van der Waals surface area contributed by atoms with Crippen molar-refractivity contribution in [2.45, 2.75) is 32.2 Å². The lowest BCUT2D eigenvalue weighted by Crippen LogP contribution is -2.36. The molecule has 0 bridgehead atoms. The Bertz CT molecular complexity index is 400. The zero-order valence-electron chi connectivity index (χ0n) is 10.3. The van der Waals surface area contributed by atoms with Gasteiger partial charge in [0.05, 0.1) is 5.01 Å². The SMILES string of the molecule is CC(C1CC1)N(C)C(=O)c1csc(CCN)n1. The molecule has 5 heteroatoms. The highest BCUT2D eigenvalue weighted by molar-refractivity contribution is 7.09. The Morgan fingerprint density at radius 1 is 1.71 bits per heavy atom. The quantitative estimate of drug-likeness (QED) is 0.865. The van der Waals surface area contributed by atoms with Gasteiger partial charge in [0.15, 0.2) is 0 Å². The number of rotatable bonds is 5. The first kappa shape index (κ1) is 12.5. The molecule has 1 fully saturated rings. The third kappa shape index (κ3) is 2.84. The van der Waals surface area contributed by atoms with E-state index in [0.29, 0.717) is 24.2 Å². The van der Waals surface area contributed by atoms with Gasteiger partial charge in [0.2, 0.25) is 0 Å². The lowest BCUT2D eigenvalue weighted by Gasteiger charge is -2.23. The summed E-state index contributed by atoms with van der Waals surface area (Å²) in [5.74, 6) is 0.718. The van der Waals surface area contributed by atoms with Gasteiger partial charge in [-0.3, -0.25) is 4.79 Å². The molecule has 0 spiro atoms. The van der Waals surface area contributed by atoms with E-state index in [4.69, 9.17) is 5.73 Å². The van der Waals surface area contributed by atoms with Gasteiger partial charge in [-0.1, -0.05) is 0 Å². The average Bonchev–Trinajstić information content (AvgIpc) is 3.07. The molecule has 1 aliphatic rings. The molecule has 1 amide bonds. The molecule has 0 aromatic carbocycles. The van der Waals surface area contributed by atoms with E-state index in [1.165, 1.54) is 24.2 Å². The van der Waals surface area contributed by atoms with Gasteiger partial charge in [0, 0.05) is 24.9 Å². The van der Waals surface area contributed by atoms with Crippen molar-refractivity contribution >= 4 is 17.2 Å². The highest BCUT2D eigenvalue weighted by Gasteiger charge is 2.33. The molecule has 1 atom stereocenters. The van der Waals surface area contributed by atoms with Crippen molar-refractivity contribution in [3.63, 3.8) is 0 Å². The Balaban J connectivity index is 2.01. The van der Waals surface area contributed by atoms with Gasteiger partial charge >= 0.3 is 0 Å². The van der Waals surface area contributed by atoms with Crippen LogP contribution in [0.15, 0.2) is 5.38 Å². The number of carbonyl (C=O) groups excluding carboxylic acids is 1. The molecular weight excluding hydrogens is 234 g/mol. The predicted molar refractivity (Wildman–Crippen MR) is 69.2 cm³/mol. The topological polar surface area (TPSA) is 59.2 Å². The summed E-state index contributed by atoms with van der Waals surface area (Å²) in [6, 6.07) is 0.321. The van der Waals surface area contributed by atoms with Crippen molar-refractivity contribution < 1.29 is 4.79 Å². The summed E-state index contributed by atoms with van der Waals surface area (Å²) in [5, 5.41) is 2.78. The number of carbonyl (C=O) groups is 1. The Labute approximate surface area is 106 Å². The van der Waals surface area contributed by atoms with E-state index < -0.39 is 0 Å². The van der Waals surface area contributed by atoms with Crippen LogP contribution in [0.1, 0.15) is 35.3 Å². The lowest BCUT2D eigenvalue weighted by atomic mass is 10.2. The molecule has 0 saturated heterocycles. The Kier molecular flexibility index (Phi) is 3.79. The Hall–Kier alpha value is -0.940. The zero-order valence-corrected chi connectivity index (χ0v) is 11.2. The minimum Gasteiger partial charge on any atom is -0.337 e. The highest BCUT2D eigenvalue weighted by atomic mass is 32.1. The van der Waals surface area contributed by atoms with Crippen molar-refractivity contribution in [2.24, 2.45) is 11.7 Å².